The van der Waals surface area contributed by atoms with Crippen molar-refractivity contribution in [2.24, 2.45) is 27.1 Å². The summed E-state index contributed by atoms with van der Waals surface area (Å²) in [5.74, 6) is 0.531. The predicted octanol–water partition coefficient (Wildman–Crippen LogP) is 0.0502. The van der Waals surface area contributed by atoms with Crippen LogP contribution in [0.4, 0.5) is 0 Å². The van der Waals surface area contributed by atoms with Gasteiger partial charge in [0.1, 0.15) is 11.5 Å². The van der Waals surface area contributed by atoms with Crippen molar-refractivity contribution < 1.29 is 9.90 Å². The number of hydrogen-bond acceptors (Lipinski definition) is 4. The van der Waals surface area contributed by atoms with Gasteiger partial charge in [-0.15, -0.1) is 0 Å². The van der Waals surface area contributed by atoms with Gasteiger partial charge in [0.05, 0.1) is 6.10 Å². The standard InChI is InChI=1S/C17H25N5O3/c1-10-5-6-20(2)14(10)16(24)18-9-12-7-11(8-13(12)23)15-19-22(4)17(25)21(15)3/h5-6,11-13,23H,7-9H2,1-4H3,(H,18,24)/t11-,12+,13+/m0/s1. The van der Waals surface area contributed by atoms with Crippen molar-refractivity contribution in [1.29, 1.82) is 0 Å². The van der Waals surface area contributed by atoms with Crippen molar-refractivity contribution in [2.75, 3.05) is 6.54 Å². The van der Waals surface area contributed by atoms with Crippen LogP contribution in [0.2, 0.25) is 0 Å². The molecule has 1 fully saturated rings. The van der Waals surface area contributed by atoms with Crippen molar-refractivity contribution in [3.8, 4) is 0 Å². The van der Waals surface area contributed by atoms with Crippen LogP contribution in [0.5, 0.6) is 0 Å². The average molecular weight is 347 g/mol. The minimum atomic E-state index is -0.517. The summed E-state index contributed by atoms with van der Waals surface area (Å²) in [6.07, 6.45) is 2.58. The van der Waals surface area contributed by atoms with Crippen molar-refractivity contribution in [1.82, 2.24) is 24.2 Å². The quantitative estimate of drug-likeness (QED) is 0.817. The summed E-state index contributed by atoms with van der Waals surface area (Å²) in [6, 6.07) is 1.90. The Kier molecular flexibility index (Phi) is 4.55. The zero-order valence-electron chi connectivity index (χ0n) is 15.1. The normalized spacial score (nSPS) is 23.2. The molecule has 1 amide bonds. The summed E-state index contributed by atoms with van der Waals surface area (Å²) in [5.41, 5.74) is 1.39. The number of carbonyl (C=O) groups is 1. The monoisotopic (exact) mass is 347 g/mol. The Morgan fingerprint density at radius 1 is 1.36 bits per heavy atom. The van der Waals surface area contributed by atoms with E-state index < -0.39 is 6.10 Å². The van der Waals surface area contributed by atoms with E-state index in [0.717, 1.165) is 5.56 Å². The van der Waals surface area contributed by atoms with E-state index in [1.54, 1.807) is 18.7 Å². The fourth-order valence-corrected chi connectivity index (χ4v) is 3.77. The van der Waals surface area contributed by atoms with Gasteiger partial charge in [0.15, 0.2) is 0 Å². The molecule has 2 heterocycles. The van der Waals surface area contributed by atoms with Crippen molar-refractivity contribution in [2.45, 2.75) is 31.8 Å². The predicted molar refractivity (Wildman–Crippen MR) is 92.4 cm³/mol. The summed E-state index contributed by atoms with van der Waals surface area (Å²) in [5, 5.41) is 17.6. The van der Waals surface area contributed by atoms with E-state index in [2.05, 4.69) is 10.4 Å². The lowest BCUT2D eigenvalue weighted by molar-refractivity contribution is 0.0908. The van der Waals surface area contributed by atoms with Crippen molar-refractivity contribution in [3.63, 3.8) is 0 Å². The molecule has 8 heteroatoms. The highest BCUT2D eigenvalue weighted by molar-refractivity contribution is 5.94. The maximum Gasteiger partial charge on any atom is 0.345 e. The van der Waals surface area contributed by atoms with Gasteiger partial charge in [0.2, 0.25) is 0 Å². The number of amides is 1. The highest BCUT2D eigenvalue weighted by Gasteiger charge is 2.36. The molecule has 0 radical (unpaired) electrons. The van der Waals surface area contributed by atoms with Crippen LogP contribution in [0, 0.1) is 12.8 Å². The largest absolute Gasteiger partial charge is 0.393 e. The highest BCUT2D eigenvalue weighted by Crippen LogP contribution is 2.37. The molecule has 1 saturated carbocycles. The van der Waals surface area contributed by atoms with Crippen molar-refractivity contribution >= 4 is 5.91 Å². The van der Waals surface area contributed by atoms with Crippen LogP contribution in [0.15, 0.2) is 17.1 Å². The molecule has 25 heavy (non-hydrogen) atoms. The summed E-state index contributed by atoms with van der Waals surface area (Å²) in [6.45, 7) is 2.30. The van der Waals surface area contributed by atoms with Gasteiger partial charge in [-0.2, -0.15) is 5.10 Å². The molecule has 136 valence electrons. The molecule has 3 atom stereocenters. The van der Waals surface area contributed by atoms with Gasteiger partial charge in [-0.3, -0.25) is 9.36 Å². The second kappa shape index (κ2) is 6.51. The zero-order valence-corrected chi connectivity index (χ0v) is 15.1. The minimum Gasteiger partial charge on any atom is -0.393 e. The van der Waals surface area contributed by atoms with E-state index in [4.69, 9.17) is 0 Å². The molecule has 0 bridgehead atoms. The molecular weight excluding hydrogens is 322 g/mol. The number of hydrogen-bond donors (Lipinski definition) is 2. The summed E-state index contributed by atoms with van der Waals surface area (Å²) >= 11 is 0. The van der Waals surface area contributed by atoms with Crippen LogP contribution >= 0.6 is 0 Å². The van der Waals surface area contributed by atoms with Crippen LogP contribution in [-0.4, -0.2) is 42.6 Å². The fraction of sp³-hybridized carbons (Fsp3) is 0.588. The molecular formula is C17H25N5O3. The van der Waals surface area contributed by atoms with Gasteiger partial charge in [-0.05, 0) is 31.4 Å². The Morgan fingerprint density at radius 3 is 2.64 bits per heavy atom. The molecule has 2 aromatic heterocycles. The van der Waals surface area contributed by atoms with E-state index in [1.165, 1.54) is 9.25 Å². The van der Waals surface area contributed by atoms with E-state index in [0.29, 0.717) is 30.9 Å². The lowest BCUT2D eigenvalue weighted by atomic mass is 10.0. The molecule has 3 rings (SSSR count). The van der Waals surface area contributed by atoms with Gasteiger partial charge in [0.25, 0.3) is 5.91 Å². The van der Waals surface area contributed by atoms with E-state index in [-0.39, 0.29) is 23.4 Å². The Hall–Kier alpha value is -2.35. The maximum absolute atomic E-state index is 12.4. The summed E-state index contributed by atoms with van der Waals surface area (Å²) in [4.78, 5) is 24.3. The fourth-order valence-electron chi connectivity index (χ4n) is 3.77. The summed E-state index contributed by atoms with van der Waals surface area (Å²) in [7, 11) is 5.16. The third kappa shape index (κ3) is 3.13. The number of aliphatic hydroxyl groups excluding tert-OH is 1. The van der Waals surface area contributed by atoms with Gasteiger partial charge in [-0.1, -0.05) is 0 Å². The van der Waals surface area contributed by atoms with Gasteiger partial charge in [-0.25, -0.2) is 9.48 Å². The first-order chi connectivity index (χ1) is 11.8. The molecule has 0 unspecified atom stereocenters. The number of nitrogens with one attached hydrogen (secondary N) is 1. The second-order valence-electron chi connectivity index (χ2n) is 6.99. The van der Waals surface area contributed by atoms with Crippen LogP contribution in [0.25, 0.3) is 0 Å². The van der Waals surface area contributed by atoms with Gasteiger partial charge in [0, 0.05) is 45.7 Å². The average Bonchev–Trinajstić information content (AvgIpc) is 3.18. The third-order valence-electron chi connectivity index (χ3n) is 5.20. The SMILES string of the molecule is Cc1ccn(C)c1C(=O)NC[C@H]1C[C@H](c2nn(C)c(=O)n2C)C[C@H]1O. The molecule has 1 aliphatic rings. The molecule has 0 spiro atoms. The Morgan fingerprint density at radius 2 is 2.08 bits per heavy atom. The molecule has 2 N–H and O–H groups in total. The Bertz CT molecular complexity index is 828. The van der Waals surface area contributed by atoms with Crippen LogP contribution in [0.3, 0.4) is 0 Å². The van der Waals surface area contributed by atoms with E-state index in [1.807, 2.05) is 26.2 Å². The first kappa shape index (κ1) is 17.5. The number of rotatable bonds is 4. The Balaban J connectivity index is 1.65. The first-order valence-electron chi connectivity index (χ1n) is 8.47. The van der Waals surface area contributed by atoms with Gasteiger partial charge >= 0.3 is 5.69 Å². The molecule has 8 nitrogen and oxygen atoms in total. The number of aliphatic hydroxyl groups is 1. The van der Waals surface area contributed by atoms with Crippen LogP contribution in [0.1, 0.15) is 40.6 Å². The highest BCUT2D eigenvalue weighted by atomic mass is 16.3. The number of carbonyl (C=O) groups excluding carboxylic acids is 1. The summed E-state index contributed by atoms with van der Waals surface area (Å²) < 4.78 is 4.64. The lowest BCUT2D eigenvalue weighted by Crippen LogP contribution is -2.33. The smallest absolute Gasteiger partial charge is 0.345 e. The number of aryl methyl sites for hydroxylation is 3. The van der Waals surface area contributed by atoms with Crippen molar-refractivity contribution in [3.05, 3.63) is 39.8 Å². The maximum atomic E-state index is 12.4. The van der Waals surface area contributed by atoms with Gasteiger partial charge < -0.3 is 15.0 Å². The topological polar surface area (TPSA) is 94.1 Å². The molecule has 2 aromatic rings. The number of aromatic nitrogens is 4. The lowest BCUT2D eigenvalue weighted by Gasteiger charge is -2.15. The Labute approximate surface area is 146 Å². The zero-order chi connectivity index (χ0) is 18.3. The van der Waals surface area contributed by atoms with Crippen LogP contribution in [-0.2, 0) is 21.1 Å². The number of nitrogens with zero attached hydrogens (tertiary/aromatic N) is 4. The molecule has 0 saturated heterocycles. The first-order valence-corrected chi connectivity index (χ1v) is 8.47. The molecule has 0 aromatic carbocycles. The second-order valence-corrected chi connectivity index (χ2v) is 6.99. The van der Waals surface area contributed by atoms with E-state index >= 15 is 0 Å². The van der Waals surface area contributed by atoms with Crippen LogP contribution < -0.4 is 11.0 Å². The van der Waals surface area contributed by atoms with E-state index in [9.17, 15) is 14.7 Å². The molecule has 0 aliphatic heterocycles. The molecule has 1 aliphatic carbocycles. The third-order valence-corrected chi connectivity index (χ3v) is 5.20. The minimum absolute atomic E-state index is 0.0209.